The van der Waals surface area contributed by atoms with E-state index in [4.69, 9.17) is 4.74 Å². The monoisotopic (exact) mass is 345 g/mol. The highest BCUT2D eigenvalue weighted by Gasteiger charge is 2.16. The van der Waals surface area contributed by atoms with Crippen LogP contribution in [0.1, 0.15) is 10.4 Å². The van der Waals surface area contributed by atoms with Gasteiger partial charge in [-0.15, -0.1) is 0 Å². The summed E-state index contributed by atoms with van der Waals surface area (Å²) in [5.41, 5.74) is 1.02. The highest BCUT2D eigenvalue weighted by Crippen LogP contribution is 2.24. The maximum atomic E-state index is 12.1. The van der Waals surface area contributed by atoms with Crippen molar-refractivity contribution in [1.82, 2.24) is 4.98 Å². The molecule has 6 heteroatoms. The van der Waals surface area contributed by atoms with Crippen molar-refractivity contribution in [3.8, 4) is 5.75 Å². The molecular formula is C12H12BrNO2S2. The summed E-state index contributed by atoms with van der Waals surface area (Å²) in [7, 11) is 1.63. The van der Waals surface area contributed by atoms with Crippen molar-refractivity contribution in [2.75, 3.05) is 7.11 Å². The fraction of sp³-hybridized carbons (Fsp3) is 0.250. The van der Waals surface area contributed by atoms with Crippen LogP contribution in [0.15, 0.2) is 34.8 Å². The molecule has 1 unspecified atom stereocenters. The lowest BCUT2D eigenvalue weighted by molar-refractivity contribution is 0.414. The van der Waals surface area contributed by atoms with Crippen molar-refractivity contribution >= 4 is 38.4 Å². The Hall–Kier alpha value is -0.560. The molecule has 3 nitrogen and oxygen atoms in total. The standard InChI is InChI=1S/C12H12BrNO2S2/c1-16-10-4-2-9(3-5-10)8-18(15)12-14-7-11(6-13)17-12/h2-5,7H,6,8H2,1H3. The molecule has 1 heterocycles. The van der Waals surface area contributed by atoms with Crippen LogP contribution in [0.2, 0.25) is 0 Å². The van der Waals surface area contributed by atoms with Crippen LogP contribution in [0.5, 0.6) is 5.75 Å². The van der Waals surface area contributed by atoms with Crippen molar-refractivity contribution in [2.45, 2.75) is 15.4 Å². The summed E-state index contributed by atoms with van der Waals surface area (Å²) >= 11 is 3.77. The fourth-order valence-electron chi connectivity index (χ4n) is 1.39. The molecule has 0 N–H and O–H groups in total. The molecule has 1 aromatic heterocycles. The Bertz CT molecular complexity index is 501. The lowest BCUT2D eigenvalue weighted by atomic mass is 10.2. The van der Waals surface area contributed by atoms with Crippen LogP contribution in [0, 0.1) is 0 Å². The predicted molar refractivity (Wildman–Crippen MR) is 77.9 cm³/mol. The zero-order chi connectivity index (χ0) is 13.0. The lowest BCUT2D eigenvalue weighted by Crippen LogP contribution is -2.04. The molecule has 2 aromatic rings. The second-order valence-electron chi connectivity index (χ2n) is 3.56. The minimum Gasteiger partial charge on any atom is -0.609 e. The SMILES string of the molecule is COc1ccc(C[S+]([O-])c2ncc(CBr)s2)cc1. The normalized spacial score (nSPS) is 12.4. The van der Waals surface area contributed by atoms with Crippen molar-refractivity contribution in [3.05, 3.63) is 40.9 Å². The molecule has 1 aromatic carbocycles. The van der Waals surface area contributed by atoms with Gasteiger partial charge in [0.05, 0.1) is 7.11 Å². The van der Waals surface area contributed by atoms with Gasteiger partial charge in [-0.25, -0.2) is 0 Å². The highest BCUT2D eigenvalue weighted by molar-refractivity contribution is 9.08. The Morgan fingerprint density at radius 1 is 1.39 bits per heavy atom. The van der Waals surface area contributed by atoms with E-state index in [0.717, 1.165) is 21.5 Å². The first kappa shape index (κ1) is 13.9. The molecular weight excluding hydrogens is 334 g/mol. The average molecular weight is 346 g/mol. The van der Waals surface area contributed by atoms with Crippen molar-refractivity contribution in [3.63, 3.8) is 0 Å². The number of benzene rings is 1. The van der Waals surface area contributed by atoms with Gasteiger partial charge < -0.3 is 9.29 Å². The van der Waals surface area contributed by atoms with E-state index >= 15 is 0 Å². The lowest BCUT2D eigenvalue weighted by Gasteiger charge is -2.07. The summed E-state index contributed by atoms with van der Waals surface area (Å²) in [6, 6.07) is 7.60. The molecule has 0 bridgehead atoms. The van der Waals surface area contributed by atoms with E-state index in [-0.39, 0.29) is 0 Å². The van der Waals surface area contributed by atoms with Crippen molar-refractivity contribution < 1.29 is 9.29 Å². The first-order valence-corrected chi connectivity index (χ1v) is 8.50. The third kappa shape index (κ3) is 3.47. The van der Waals surface area contributed by atoms with Crippen LogP contribution in [0.3, 0.4) is 0 Å². The Morgan fingerprint density at radius 2 is 2.11 bits per heavy atom. The maximum Gasteiger partial charge on any atom is 0.302 e. The molecule has 0 aliphatic heterocycles. The number of methoxy groups -OCH3 is 1. The molecule has 0 spiro atoms. The van der Waals surface area contributed by atoms with Gasteiger partial charge in [0.2, 0.25) is 0 Å². The Balaban J connectivity index is 2.03. The third-order valence-corrected chi connectivity index (χ3v) is 5.98. The van der Waals surface area contributed by atoms with E-state index in [9.17, 15) is 4.55 Å². The molecule has 0 radical (unpaired) electrons. The number of nitrogens with zero attached hydrogens (tertiary/aromatic N) is 1. The topological polar surface area (TPSA) is 45.2 Å². The molecule has 0 amide bonds. The van der Waals surface area contributed by atoms with Crippen LogP contribution in [0.25, 0.3) is 0 Å². The number of aromatic nitrogens is 1. The van der Waals surface area contributed by atoms with Crippen LogP contribution >= 0.6 is 27.3 Å². The largest absolute Gasteiger partial charge is 0.609 e. The number of halogens is 1. The molecule has 18 heavy (non-hydrogen) atoms. The van der Waals surface area contributed by atoms with Crippen LogP contribution in [0.4, 0.5) is 0 Å². The van der Waals surface area contributed by atoms with Crippen LogP contribution < -0.4 is 4.74 Å². The zero-order valence-electron chi connectivity index (χ0n) is 9.76. The molecule has 2 rings (SSSR count). The number of thiazole rings is 1. The summed E-state index contributed by atoms with van der Waals surface area (Å²) < 4.78 is 17.9. The van der Waals surface area contributed by atoms with E-state index in [1.807, 2.05) is 24.3 Å². The second kappa shape index (κ2) is 6.56. The van der Waals surface area contributed by atoms with Gasteiger partial charge >= 0.3 is 4.34 Å². The van der Waals surface area contributed by atoms with E-state index < -0.39 is 11.2 Å². The Morgan fingerprint density at radius 3 is 2.67 bits per heavy atom. The van der Waals surface area contributed by atoms with Gasteiger partial charge in [-0.3, -0.25) is 0 Å². The summed E-state index contributed by atoms with van der Waals surface area (Å²) in [4.78, 5) is 5.27. The maximum absolute atomic E-state index is 12.1. The number of rotatable bonds is 5. The molecule has 0 aliphatic carbocycles. The number of ether oxygens (including phenoxy) is 1. The minimum atomic E-state index is -1.08. The van der Waals surface area contributed by atoms with Gasteiger partial charge in [-0.1, -0.05) is 39.4 Å². The highest BCUT2D eigenvalue weighted by atomic mass is 79.9. The number of hydrogen-bond acceptors (Lipinski definition) is 4. The number of alkyl halides is 1. The van der Waals surface area contributed by atoms with Gasteiger partial charge in [-0.05, 0) is 12.1 Å². The first-order chi connectivity index (χ1) is 8.72. The van der Waals surface area contributed by atoms with Gasteiger partial charge in [0.25, 0.3) is 0 Å². The molecule has 96 valence electrons. The Labute approximate surface area is 122 Å². The molecule has 0 fully saturated rings. The van der Waals surface area contributed by atoms with Crippen molar-refractivity contribution in [2.24, 2.45) is 0 Å². The first-order valence-electron chi connectivity index (χ1n) is 5.25. The minimum absolute atomic E-state index is 0.485. The van der Waals surface area contributed by atoms with Crippen LogP contribution in [-0.2, 0) is 22.3 Å². The average Bonchev–Trinajstić information content (AvgIpc) is 2.88. The van der Waals surface area contributed by atoms with Gasteiger partial charge in [0, 0.05) is 33.1 Å². The molecule has 0 saturated heterocycles. The summed E-state index contributed by atoms with van der Waals surface area (Å²) in [5, 5.41) is 0.754. The van der Waals surface area contributed by atoms with E-state index in [2.05, 4.69) is 20.9 Å². The van der Waals surface area contributed by atoms with Gasteiger partial charge in [0.1, 0.15) is 11.5 Å². The summed E-state index contributed by atoms with van der Waals surface area (Å²) in [5.74, 6) is 1.29. The molecule has 1 atom stereocenters. The van der Waals surface area contributed by atoms with Crippen molar-refractivity contribution in [1.29, 1.82) is 0 Å². The predicted octanol–water partition coefficient (Wildman–Crippen LogP) is 3.35. The van der Waals surface area contributed by atoms with Crippen LogP contribution in [-0.4, -0.2) is 16.6 Å². The smallest absolute Gasteiger partial charge is 0.302 e. The second-order valence-corrected chi connectivity index (χ2v) is 6.86. The fourth-order valence-corrected chi connectivity index (χ4v) is 4.03. The molecule has 0 saturated carbocycles. The summed E-state index contributed by atoms with van der Waals surface area (Å²) in [6.07, 6.45) is 1.76. The van der Waals surface area contributed by atoms with Gasteiger partial charge in [0.15, 0.2) is 0 Å². The molecule has 0 aliphatic rings. The third-order valence-electron chi connectivity index (χ3n) is 2.32. The number of hydrogen-bond donors (Lipinski definition) is 0. The quantitative estimate of drug-likeness (QED) is 0.616. The van der Waals surface area contributed by atoms with E-state index in [0.29, 0.717) is 10.1 Å². The van der Waals surface area contributed by atoms with E-state index in [1.54, 1.807) is 13.3 Å². The van der Waals surface area contributed by atoms with E-state index in [1.165, 1.54) is 11.3 Å². The zero-order valence-corrected chi connectivity index (χ0v) is 13.0. The summed E-state index contributed by atoms with van der Waals surface area (Å²) in [6.45, 7) is 0. The Kier molecular flexibility index (Phi) is 5.05. The van der Waals surface area contributed by atoms with Gasteiger partial charge in [-0.2, -0.15) is 4.98 Å².